The molecule has 0 bridgehead atoms. The zero-order valence-electron chi connectivity index (χ0n) is 18.0. The van der Waals surface area contributed by atoms with Gasteiger partial charge in [0.05, 0.1) is 32.4 Å². The van der Waals surface area contributed by atoms with Crippen LogP contribution in [0, 0.1) is 13.8 Å². The lowest BCUT2D eigenvalue weighted by Crippen LogP contribution is -2.21. The van der Waals surface area contributed by atoms with E-state index in [1.165, 1.54) is 30.3 Å². The van der Waals surface area contributed by atoms with Crippen LogP contribution in [-0.2, 0) is 26.0 Å². The lowest BCUT2D eigenvalue weighted by Gasteiger charge is -2.10. The van der Waals surface area contributed by atoms with Crippen molar-refractivity contribution in [2.24, 2.45) is 0 Å². The molecule has 0 fully saturated rings. The molecule has 0 aliphatic heterocycles. The molecule has 1 N–H and O–H groups in total. The summed E-state index contributed by atoms with van der Waals surface area (Å²) in [5, 5.41) is 6.44. The molecule has 0 radical (unpaired) electrons. The van der Waals surface area contributed by atoms with Gasteiger partial charge in [0.25, 0.3) is 5.91 Å². The minimum atomic E-state index is -3.48. The Morgan fingerprint density at radius 3 is 2.58 bits per heavy atom. The van der Waals surface area contributed by atoms with E-state index in [1.54, 1.807) is 26.0 Å². The molecule has 3 rings (SSSR count). The average Bonchev–Trinajstić information content (AvgIpc) is 3.08. The van der Waals surface area contributed by atoms with Crippen LogP contribution in [0.15, 0.2) is 51.9 Å². The first-order valence-electron chi connectivity index (χ1n) is 9.66. The molecule has 174 valence electrons. The molecule has 33 heavy (non-hydrogen) atoms. The van der Waals surface area contributed by atoms with Gasteiger partial charge < -0.3 is 19.3 Å². The number of anilines is 1. The fourth-order valence-electron chi connectivity index (χ4n) is 2.81. The highest BCUT2D eigenvalue weighted by atomic mass is 35.5. The van der Waals surface area contributed by atoms with Crippen molar-refractivity contribution in [2.45, 2.75) is 25.3 Å². The summed E-state index contributed by atoms with van der Waals surface area (Å²) in [6.07, 6.45) is 1.04. The highest BCUT2D eigenvalue weighted by molar-refractivity contribution is 7.90. The number of carbonyl (C=O) groups excluding carboxylic acids is 2. The molecule has 0 aliphatic rings. The van der Waals surface area contributed by atoms with Crippen LogP contribution in [0.4, 0.5) is 5.69 Å². The van der Waals surface area contributed by atoms with E-state index in [9.17, 15) is 18.0 Å². The second-order valence-electron chi connectivity index (χ2n) is 7.16. The molecular formula is C22H21ClN2O7S. The second kappa shape index (κ2) is 10.1. The lowest BCUT2D eigenvalue weighted by atomic mass is 10.2. The maximum Gasteiger partial charge on any atom is 0.338 e. The van der Waals surface area contributed by atoms with Gasteiger partial charge in [0.2, 0.25) is 0 Å². The molecule has 0 aliphatic carbocycles. The number of nitrogens with one attached hydrogen (secondary N) is 1. The van der Waals surface area contributed by atoms with Crippen LogP contribution in [0.3, 0.4) is 0 Å². The number of benzene rings is 2. The summed E-state index contributed by atoms with van der Waals surface area (Å²) in [6.45, 7) is 3.21. The van der Waals surface area contributed by atoms with Crippen molar-refractivity contribution in [1.82, 2.24) is 5.16 Å². The van der Waals surface area contributed by atoms with Gasteiger partial charge in [-0.2, -0.15) is 0 Å². The van der Waals surface area contributed by atoms with Crippen LogP contribution in [0.5, 0.6) is 5.75 Å². The third kappa shape index (κ3) is 6.33. The smallest absolute Gasteiger partial charge is 0.338 e. The van der Waals surface area contributed by atoms with Crippen molar-refractivity contribution in [3.63, 3.8) is 0 Å². The van der Waals surface area contributed by atoms with Gasteiger partial charge in [-0.3, -0.25) is 4.79 Å². The minimum absolute atomic E-state index is 0.00685. The molecule has 2 aromatic carbocycles. The lowest BCUT2D eigenvalue weighted by molar-refractivity contribution is -0.119. The zero-order valence-corrected chi connectivity index (χ0v) is 19.6. The highest BCUT2D eigenvalue weighted by Gasteiger charge is 2.15. The van der Waals surface area contributed by atoms with E-state index in [-0.39, 0.29) is 27.8 Å². The maximum absolute atomic E-state index is 12.4. The molecule has 11 heteroatoms. The van der Waals surface area contributed by atoms with Gasteiger partial charge >= 0.3 is 5.97 Å². The summed E-state index contributed by atoms with van der Waals surface area (Å²) >= 11 is 6.01. The minimum Gasteiger partial charge on any atom is -0.489 e. The third-order valence-electron chi connectivity index (χ3n) is 4.61. The molecule has 0 saturated heterocycles. The molecule has 9 nitrogen and oxygen atoms in total. The van der Waals surface area contributed by atoms with E-state index < -0.39 is 28.3 Å². The van der Waals surface area contributed by atoms with Gasteiger partial charge in [-0.1, -0.05) is 22.8 Å². The van der Waals surface area contributed by atoms with E-state index in [2.05, 4.69) is 10.5 Å². The van der Waals surface area contributed by atoms with Gasteiger partial charge in [0.15, 0.2) is 16.4 Å². The maximum atomic E-state index is 12.4. The fraction of sp³-hybridized carbons (Fsp3) is 0.227. The summed E-state index contributed by atoms with van der Waals surface area (Å²) in [4.78, 5) is 24.5. The number of ether oxygens (including phenoxy) is 2. The van der Waals surface area contributed by atoms with Crippen molar-refractivity contribution < 1.29 is 32.0 Å². The van der Waals surface area contributed by atoms with Gasteiger partial charge in [-0.05, 0) is 50.2 Å². The Kier molecular flexibility index (Phi) is 7.39. The average molecular weight is 493 g/mol. The predicted octanol–water partition coefficient (Wildman–Crippen LogP) is 3.72. The van der Waals surface area contributed by atoms with Crippen LogP contribution in [-0.4, -0.2) is 38.3 Å². The standard InChI is InChI=1S/C22H21ClN2O7S/c1-13-18(14(2)32-25-13)11-30-16-6-4-5-15(9-16)22(27)31-12-21(26)24-20-10-17(33(3,28)29)7-8-19(20)23/h4-10H,11-12H2,1-3H3,(H,24,26). The number of aryl methyl sites for hydroxylation is 2. The Labute approximate surface area is 195 Å². The van der Waals surface area contributed by atoms with Crippen LogP contribution >= 0.6 is 11.6 Å². The van der Waals surface area contributed by atoms with E-state index in [0.29, 0.717) is 11.5 Å². The highest BCUT2D eigenvalue weighted by Crippen LogP contribution is 2.25. The van der Waals surface area contributed by atoms with Crippen molar-refractivity contribution in [3.05, 3.63) is 70.1 Å². The largest absolute Gasteiger partial charge is 0.489 e. The SMILES string of the molecule is Cc1noc(C)c1COc1cccc(C(=O)OCC(=O)Nc2cc(S(C)(=O)=O)ccc2Cl)c1. The summed E-state index contributed by atoms with van der Waals surface area (Å²) in [6, 6.07) is 10.2. The van der Waals surface area contributed by atoms with Crippen LogP contribution < -0.4 is 10.1 Å². The van der Waals surface area contributed by atoms with E-state index >= 15 is 0 Å². The first-order valence-corrected chi connectivity index (χ1v) is 11.9. The fourth-order valence-corrected chi connectivity index (χ4v) is 3.62. The number of hydrogen-bond acceptors (Lipinski definition) is 8. The number of rotatable bonds is 8. The van der Waals surface area contributed by atoms with Gasteiger partial charge in [-0.25, -0.2) is 13.2 Å². The first kappa shape index (κ1) is 24.3. The van der Waals surface area contributed by atoms with E-state index in [4.69, 9.17) is 25.6 Å². The zero-order chi connectivity index (χ0) is 24.2. The van der Waals surface area contributed by atoms with Crippen LogP contribution in [0.25, 0.3) is 0 Å². The summed E-state index contributed by atoms with van der Waals surface area (Å²) in [7, 11) is -3.48. The monoisotopic (exact) mass is 492 g/mol. The first-order chi connectivity index (χ1) is 15.5. The van der Waals surface area contributed by atoms with Crippen molar-refractivity contribution in [2.75, 3.05) is 18.2 Å². The molecule has 0 atom stereocenters. The Morgan fingerprint density at radius 2 is 1.91 bits per heavy atom. The molecule has 0 saturated carbocycles. The van der Waals surface area contributed by atoms with Crippen LogP contribution in [0.2, 0.25) is 5.02 Å². The molecule has 1 amide bonds. The van der Waals surface area contributed by atoms with E-state index in [0.717, 1.165) is 17.5 Å². The number of halogens is 1. The van der Waals surface area contributed by atoms with Crippen LogP contribution in [0.1, 0.15) is 27.4 Å². The predicted molar refractivity (Wildman–Crippen MR) is 120 cm³/mol. The molecule has 1 aromatic heterocycles. The van der Waals surface area contributed by atoms with Crippen molar-refractivity contribution in [3.8, 4) is 5.75 Å². The summed E-state index contributed by atoms with van der Waals surface area (Å²) in [5.74, 6) is -0.333. The number of nitrogens with zero attached hydrogens (tertiary/aromatic N) is 1. The number of hydrogen-bond donors (Lipinski definition) is 1. The Hall–Kier alpha value is -3.37. The van der Waals surface area contributed by atoms with E-state index in [1.807, 2.05) is 0 Å². The Balaban J connectivity index is 1.59. The molecule has 3 aromatic rings. The molecule has 1 heterocycles. The number of amides is 1. The quantitative estimate of drug-likeness (QED) is 0.471. The van der Waals surface area contributed by atoms with Gasteiger partial charge in [0.1, 0.15) is 18.1 Å². The van der Waals surface area contributed by atoms with Crippen molar-refractivity contribution in [1.29, 1.82) is 0 Å². The molecule has 0 unspecified atom stereocenters. The normalized spacial score (nSPS) is 11.2. The summed E-state index contributed by atoms with van der Waals surface area (Å²) < 4.78 is 39.2. The third-order valence-corrected chi connectivity index (χ3v) is 6.05. The Morgan fingerprint density at radius 1 is 1.15 bits per heavy atom. The number of carbonyl (C=O) groups is 2. The van der Waals surface area contributed by atoms with Crippen molar-refractivity contribution >= 4 is 39.0 Å². The topological polar surface area (TPSA) is 125 Å². The molecular weight excluding hydrogens is 472 g/mol. The number of sulfone groups is 1. The molecule has 0 spiro atoms. The number of esters is 1. The van der Waals surface area contributed by atoms with Gasteiger partial charge in [0, 0.05) is 6.26 Å². The second-order valence-corrected chi connectivity index (χ2v) is 9.58. The number of aromatic nitrogens is 1. The summed E-state index contributed by atoms with van der Waals surface area (Å²) in [5.41, 5.74) is 1.82. The van der Waals surface area contributed by atoms with Gasteiger partial charge in [-0.15, -0.1) is 0 Å². The Bertz CT molecular complexity index is 1280.